The molecule has 2 aromatic rings. The summed E-state index contributed by atoms with van der Waals surface area (Å²) < 4.78 is 12.8. The fourth-order valence-corrected chi connectivity index (χ4v) is 2.21. The third-order valence-electron chi connectivity index (χ3n) is 3.17. The van der Waals surface area contributed by atoms with Gasteiger partial charge in [0.05, 0.1) is 0 Å². The van der Waals surface area contributed by atoms with Crippen LogP contribution in [0.4, 0.5) is 4.39 Å². The Morgan fingerprint density at radius 1 is 1.00 bits per heavy atom. The molecule has 0 bridgehead atoms. The molecule has 0 unspecified atom stereocenters. The van der Waals surface area contributed by atoms with Crippen molar-refractivity contribution in [3.05, 3.63) is 47.5 Å². The van der Waals surface area contributed by atoms with Gasteiger partial charge in [-0.05, 0) is 55.5 Å². The van der Waals surface area contributed by atoms with Gasteiger partial charge in [0.25, 0.3) is 0 Å². The van der Waals surface area contributed by atoms with Crippen molar-refractivity contribution in [2.24, 2.45) is 0 Å². The van der Waals surface area contributed by atoms with Crippen LogP contribution in [0.15, 0.2) is 30.5 Å². The van der Waals surface area contributed by atoms with E-state index in [2.05, 4.69) is 9.97 Å². The fourth-order valence-electron chi connectivity index (χ4n) is 2.21. The van der Waals surface area contributed by atoms with Crippen molar-refractivity contribution in [3.63, 3.8) is 0 Å². The van der Waals surface area contributed by atoms with Crippen LogP contribution in [0.5, 0.6) is 0 Å². The van der Waals surface area contributed by atoms with Crippen LogP contribution in [0.2, 0.25) is 0 Å². The molecular weight excluding hydrogens is 215 g/mol. The topological polar surface area (TPSA) is 25.8 Å². The average molecular weight is 228 g/mol. The lowest BCUT2D eigenvalue weighted by Crippen LogP contribution is -2.07. The van der Waals surface area contributed by atoms with Gasteiger partial charge >= 0.3 is 0 Å². The smallest absolute Gasteiger partial charge is 0.159 e. The van der Waals surface area contributed by atoms with E-state index in [0.29, 0.717) is 5.82 Å². The Bertz CT molecular complexity index is 534. The molecular formula is C14H13FN2. The SMILES string of the molecule is Fc1ccc(-c2ncc3c(n2)CCCC3)cc1. The lowest BCUT2D eigenvalue weighted by Gasteiger charge is -2.14. The molecule has 1 aliphatic rings. The molecule has 3 heteroatoms. The molecule has 3 rings (SSSR count). The first kappa shape index (κ1) is 10.4. The molecule has 1 heterocycles. The molecule has 17 heavy (non-hydrogen) atoms. The minimum atomic E-state index is -0.230. The lowest BCUT2D eigenvalue weighted by molar-refractivity contribution is 0.628. The molecule has 1 aliphatic carbocycles. The summed E-state index contributed by atoms with van der Waals surface area (Å²) in [4.78, 5) is 8.94. The molecule has 0 saturated carbocycles. The number of rotatable bonds is 1. The van der Waals surface area contributed by atoms with Gasteiger partial charge < -0.3 is 0 Å². The lowest BCUT2D eigenvalue weighted by atomic mass is 9.97. The van der Waals surface area contributed by atoms with E-state index >= 15 is 0 Å². The van der Waals surface area contributed by atoms with Gasteiger partial charge in [0.1, 0.15) is 5.82 Å². The highest BCUT2D eigenvalue weighted by Gasteiger charge is 2.12. The minimum Gasteiger partial charge on any atom is -0.236 e. The van der Waals surface area contributed by atoms with E-state index in [9.17, 15) is 4.39 Å². The van der Waals surface area contributed by atoms with Gasteiger partial charge in [0, 0.05) is 17.5 Å². The second-order valence-electron chi connectivity index (χ2n) is 4.38. The van der Waals surface area contributed by atoms with Crippen LogP contribution in [-0.4, -0.2) is 9.97 Å². The number of nitrogens with zero attached hydrogens (tertiary/aromatic N) is 2. The van der Waals surface area contributed by atoms with Crippen LogP contribution < -0.4 is 0 Å². The molecule has 86 valence electrons. The normalized spacial score (nSPS) is 14.4. The zero-order chi connectivity index (χ0) is 11.7. The van der Waals surface area contributed by atoms with E-state index in [1.165, 1.54) is 30.5 Å². The highest BCUT2D eigenvalue weighted by atomic mass is 19.1. The third kappa shape index (κ3) is 2.05. The Morgan fingerprint density at radius 2 is 1.76 bits per heavy atom. The summed E-state index contributed by atoms with van der Waals surface area (Å²) in [6, 6.07) is 6.33. The minimum absolute atomic E-state index is 0.230. The van der Waals surface area contributed by atoms with Crippen molar-refractivity contribution in [3.8, 4) is 11.4 Å². The predicted octanol–water partition coefficient (Wildman–Crippen LogP) is 3.16. The number of fused-ring (bicyclic) bond motifs is 1. The van der Waals surface area contributed by atoms with Gasteiger partial charge in [-0.3, -0.25) is 0 Å². The summed E-state index contributed by atoms with van der Waals surface area (Å²) in [5.74, 6) is 0.470. The van der Waals surface area contributed by atoms with Gasteiger partial charge in [-0.2, -0.15) is 0 Å². The maximum absolute atomic E-state index is 12.8. The van der Waals surface area contributed by atoms with Crippen molar-refractivity contribution in [2.45, 2.75) is 25.7 Å². The zero-order valence-corrected chi connectivity index (χ0v) is 9.49. The molecule has 2 nitrogen and oxygen atoms in total. The fraction of sp³-hybridized carbons (Fsp3) is 0.286. The van der Waals surface area contributed by atoms with Crippen molar-refractivity contribution in [1.82, 2.24) is 9.97 Å². The summed E-state index contributed by atoms with van der Waals surface area (Å²) >= 11 is 0. The third-order valence-corrected chi connectivity index (χ3v) is 3.17. The van der Waals surface area contributed by atoms with Gasteiger partial charge in [-0.15, -0.1) is 0 Å². The van der Waals surface area contributed by atoms with E-state index < -0.39 is 0 Å². The maximum atomic E-state index is 12.8. The van der Waals surface area contributed by atoms with Gasteiger partial charge in [-0.1, -0.05) is 0 Å². The summed E-state index contributed by atoms with van der Waals surface area (Å²) in [6.07, 6.45) is 6.46. The second kappa shape index (κ2) is 4.24. The second-order valence-corrected chi connectivity index (χ2v) is 4.38. The van der Waals surface area contributed by atoms with Crippen LogP contribution in [0.3, 0.4) is 0 Å². The van der Waals surface area contributed by atoms with E-state index in [0.717, 1.165) is 24.1 Å². The number of benzene rings is 1. The molecule has 0 amide bonds. The van der Waals surface area contributed by atoms with Crippen LogP contribution >= 0.6 is 0 Å². The van der Waals surface area contributed by atoms with Crippen LogP contribution in [0, 0.1) is 5.82 Å². The number of hydrogen-bond acceptors (Lipinski definition) is 2. The predicted molar refractivity (Wildman–Crippen MR) is 64.1 cm³/mol. The van der Waals surface area contributed by atoms with E-state index in [1.54, 1.807) is 12.1 Å². The van der Waals surface area contributed by atoms with Crippen molar-refractivity contribution in [1.29, 1.82) is 0 Å². The van der Waals surface area contributed by atoms with Gasteiger partial charge in [0.2, 0.25) is 0 Å². The molecule has 0 atom stereocenters. The standard InChI is InChI=1S/C14H13FN2/c15-12-7-5-10(6-8-12)14-16-9-11-3-1-2-4-13(11)17-14/h5-9H,1-4H2. The van der Waals surface area contributed by atoms with Gasteiger partial charge in [0.15, 0.2) is 5.82 Å². The zero-order valence-electron chi connectivity index (χ0n) is 9.49. The summed E-state index contributed by atoms with van der Waals surface area (Å²) in [7, 11) is 0. The molecule has 1 aromatic heterocycles. The maximum Gasteiger partial charge on any atom is 0.159 e. The molecule has 0 spiro atoms. The number of aromatic nitrogens is 2. The number of halogens is 1. The average Bonchev–Trinajstić information content (AvgIpc) is 2.39. The first-order valence-corrected chi connectivity index (χ1v) is 5.94. The Morgan fingerprint density at radius 3 is 2.59 bits per heavy atom. The van der Waals surface area contributed by atoms with Crippen molar-refractivity contribution in [2.75, 3.05) is 0 Å². The van der Waals surface area contributed by atoms with E-state index in [1.807, 2.05) is 6.20 Å². The van der Waals surface area contributed by atoms with Crippen LogP contribution in [-0.2, 0) is 12.8 Å². The Kier molecular flexibility index (Phi) is 2.59. The summed E-state index contributed by atoms with van der Waals surface area (Å²) in [5.41, 5.74) is 3.30. The molecule has 0 aliphatic heterocycles. The molecule has 0 N–H and O–H groups in total. The largest absolute Gasteiger partial charge is 0.236 e. The quantitative estimate of drug-likeness (QED) is 0.749. The van der Waals surface area contributed by atoms with E-state index in [-0.39, 0.29) is 5.82 Å². The molecule has 0 saturated heterocycles. The first-order chi connectivity index (χ1) is 8.33. The molecule has 0 fully saturated rings. The first-order valence-electron chi connectivity index (χ1n) is 5.94. The number of aryl methyl sites for hydroxylation is 2. The number of hydrogen-bond donors (Lipinski definition) is 0. The Labute approximate surface area is 99.5 Å². The summed E-state index contributed by atoms with van der Waals surface area (Å²) in [6.45, 7) is 0. The summed E-state index contributed by atoms with van der Waals surface area (Å²) in [5, 5.41) is 0. The highest BCUT2D eigenvalue weighted by Crippen LogP contribution is 2.22. The Hall–Kier alpha value is -1.77. The molecule has 0 radical (unpaired) electrons. The molecule has 1 aromatic carbocycles. The Balaban J connectivity index is 2.01. The van der Waals surface area contributed by atoms with Crippen LogP contribution in [0.25, 0.3) is 11.4 Å². The van der Waals surface area contributed by atoms with Crippen LogP contribution in [0.1, 0.15) is 24.1 Å². The van der Waals surface area contributed by atoms with Crippen molar-refractivity contribution < 1.29 is 4.39 Å². The highest BCUT2D eigenvalue weighted by molar-refractivity contribution is 5.54. The van der Waals surface area contributed by atoms with Gasteiger partial charge in [-0.25, -0.2) is 14.4 Å². The van der Waals surface area contributed by atoms with Crippen molar-refractivity contribution >= 4 is 0 Å². The van der Waals surface area contributed by atoms with E-state index in [4.69, 9.17) is 0 Å². The monoisotopic (exact) mass is 228 g/mol.